The molecule has 30 heavy (non-hydrogen) atoms. The predicted molar refractivity (Wildman–Crippen MR) is 120 cm³/mol. The number of carbonyl (C=O) groups excluding carboxylic acids is 1. The van der Waals surface area contributed by atoms with E-state index in [1.165, 1.54) is 44.3 Å². The van der Waals surface area contributed by atoms with Gasteiger partial charge in [0.05, 0.1) is 14.2 Å². The maximum Gasteiger partial charge on any atom is 0.220 e. The summed E-state index contributed by atoms with van der Waals surface area (Å²) in [5.41, 5.74) is 3.45. The Bertz CT molecular complexity index is 814. The van der Waals surface area contributed by atoms with Gasteiger partial charge in [-0.15, -0.1) is 0 Å². The quantitative estimate of drug-likeness (QED) is 0.669. The second-order valence-corrected chi connectivity index (χ2v) is 7.94. The summed E-state index contributed by atoms with van der Waals surface area (Å²) in [6.07, 6.45) is 6.33. The van der Waals surface area contributed by atoms with Crippen molar-refractivity contribution in [3.63, 3.8) is 0 Å². The van der Waals surface area contributed by atoms with Crippen LogP contribution in [0.2, 0.25) is 0 Å². The summed E-state index contributed by atoms with van der Waals surface area (Å²) in [5.74, 6) is 1.43. The van der Waals surface area contributed by atoms with E-state index in [4.69, 9.17) is 9.47 Å². The fourth-order valence-electron chi connectivity index (χ4n) is 4.08. The van der Waals surface area contributed by atoms with Crippen LogP contribution in [0.25, 0.3) is 0 Å². The van der Waals surface area contributed by atoms with E-state index in [9.17, 15) is 4.79 Å². The molecule has 1 aliphatic rings. The predicted octanol–water partition coefficient (Wildman–Crippen LogP) is 4.33. The fraction of sp³-hybridized carbons (Fsp3) is 0.480. The van der Waals surface area contributed by atoms with Crippen molar-refractivity contribution in [1.29, 1.82) is 0 Å². The van der Waals surface area contributed by atoms with Crippen molar-refractivity contribution in [3.05, 3.63) is 59.2 Å². The Balaban J connectivity index is 1.49. The molecule has 1 heterocycles. The molecular weight excluding hydrogens is 376 g/mol. The fourth-order valence-corrected chi connectivity index (χ4v) is 4.08. The average Bonchev–Trinajstić information content (AvgIpc) is 3.04. The SMILES string of the molecule is COc1cccc(CCC(=O)NCc2cccc(CN3CCCCCC3)c2)c1OC. The molecule has 0 unspecified atom stereocenters. The van der Waals surface area contributed by atoms with Gasteiger partial charge in [0.15, 0.2) is 11.5 Å². The van der Waals surface area contributed by atoms with E-state index in [0.717, 1.165) is 17.7 Å². The third-order valence-corrected chi connectivity index (χ3v) is 5.69. The molecule has 1 aliphatic heterocycles. The Morgan fingerprint density at radius 3 is 2.43 bits per heavy atom. The van der Waals surface area contributed by atoms with Gasteiger partial charge in [0.2, 0.25) is 5.91 Å². The molecule has 0 bridgehead atoms. The number of rotatable bonds is 9. The molecule has 2 aromatic rings. The van der Waals surface area contributed by atoms with Gasteiger partial charge in [0.25, 0.3) is 0 Å². The van der Waals surface area contributed by atoms with Crippen molar-refractivity contribution < 1.29 is 14.3 Å². The maximum absolute atomic E-state index is 12.4. The smallest absolute Gasteiger partial charge is 0.220 e. The lowest BCUT2D eigenvalue weighted by Gasteiger charge is -2.20. The first-order valence-corrected chi connectivity index (χ1v) is 11.0. The summed E-state index contributed by atoms with van der Waals surface area (Å²) in [6, 6.07) is 14.3. The number of methoxy groups -OCH3 is 2. The van der Waals surface area contributed by atoms with Gasteiger partial charge in [-0.2, -0.15) is 0 Å². The van der Waals surface area contributed by atoms with E-state index in [1.807, 2.05) is 18.2 Å². The zero-order valence-corrected chi connectivity index (χ0v) is 18.3. The van der Waals surface area contributed by atoms with Crippen LogP contribution < -0.4 is 14.8 Å². The number of carbonyl (C=O) groups is 1. The largest absolute Gasteiger partial charge is 0.493 e. The number of benzene rings is 2. The van der Waals surface area contributed by atoms with Crippen LogP contribution in [0, 0.1) is 0 Å². The summed E-state index contributed by atoms with van der Waals surface area (Å²) < 4.78 is 10.8. The van der Waals surface area contributed by atoms with Crippen LogP contribution in [0.1, 0.15) is 48.8 Å². The first-order chi connectivity index (χ1) is 14.7. The molecule has 2 aromatic carbocycles. The minimum Gasteiger partial charge on any atom is -0.493 e. The van der Waals surface area contributed by atoms with E-state index in [2.05, 4.69) is 34.5 Å². The third-order valence-electron chi connectivity index (χ3n) is 5.69. The van der Waals surface area contributed by atoms with Crippen LogP contribution in [-0.2, 0) is 24.3 Å². The van der Waals surface area contributed by atoms with Crippen LogP contribution in [-0.4, -0.2) is 38.1 Å². The number of para-hydroxylation sites is 1. The minimum absolute atomic E-state index is 0.0396. The Labute approximate surface area is 180 Å². The number of hydrogen-bond donors (Lipinski definition) is 1. The van der Waals surface area contributed by atoms with Gasteiger partial charge >= 0.3 is 0 Å². The van der Waals surface area contributed by atoms with Crippen molar-refractivity contribution in [2.75, 3.05) is 27.3 Å². The molecule has 0 radical (unpaired) electrons. The number of hydrogen-bond acceptors (Lipinski definition) is 4. The van der Waals surface area contributed by atoms with Crippen LogP contribution >= 0.6 is 0 Å². The Kier molecular flexibility index (Phi) is 8.57. The summed E-state index contributed by atoms with van der Waals surface area (Å²) >= 11 is 0. The van der Waals surface area contributed by atoms with Crippen molar-refractivity contribution >= 4 is 5.91 Å². The standard InChI is InChI=1S/C25H34N2O3/c1-29-23-12-8-11-22(25(23)30-2)13-14-24(28)26-18-20-9-7-10-21(17-20)19-27-15-5-3-4-6-16-27/h7-12,17H,3-6,13-16,18-19H2,1-2H3,(H,26,28). The summed E-state index contributed by atoms with van der Waals surface area (Å²) in [4.78, 5) is 14.9. The van der Waals surface area contributed by atoms with E-state index in [1.54, 1.807) is 14.2 Å². The van der Waals surface area contributed by atoms with E-state index in [-0.39, 0.29) is 5.91 Å². The zero-order chi connectivity index (χ0) is 21.2. The summed E-state index contributed by atoms with van der Waals surface area (Å²) in [5, 5.41) is 3.05. The van der Waals surface area contributed by atoms with E-state index >= 15 is 0 Å². The maximum atomic E-state index is 12.4. The van der Waals surface area contributed by atoms with E-state index < -0.39 is 0 Å². The molecular formula is C25H34N2O3. The Morgan fingerprint density at radius 2 is 1.70 bits per heavy atom. The van der Waals surface area contributed by atoms with Crippen molar-refractivity contribution in [1.82, 2.24) is 10.2 Å². The lowest BCUT2D eigenvalue weighted by molar-refractivity contribution is -0.121. The van der Waals surface area contributed by atoms with E-state index in [0.29, 0.717) is 30.9 Å². The number of nitrogens with one attached hydrogen (secondary N) is 1. The van der Waals surface area contributed by atoms with Crippen molar-refractivity contribution in [2.24, 2.45) is 0 Å². The molecule has 0 aliphatic carbocycles. The number of aryl methyl sites for hydroxylation is 1. The topological polar surface area (TPSA) is 50.8 Å². The third kappa shape index (κ3) is 6.49. The first-order valence-electron chi connectivity index (χ1n) is 11.0. The molecule has 0 atom stereocenters. The van der Waals surface area contributed by atoms with Crippen LogP contribution in [0.15, 0.2) is 42.5 Å². The van der Waals surface area contributed by atoms with Gasteiger partial charge < -0.3 is 14.8 Å². The molecule has 1 amide bonds. The van der Waals surface area contributed by atoms with Crippen LogP contribution in [0.4, 0.5) is 0 Å². The molecule has 3 rings (SSSR count). The van der Waals surface area contributed by atoms with Gasteiger partial charge in [-0.3, -0.25) is 9.69 Å². The molecule has 5 nitrogen and oxygen atoms in total. The molecule has 0 saturated carbocycles. The van der Waals surface area contributed by atoms with Crippen LogP contribution in [0.3, 0.4) is 0 Å². The highest BCUT2D eigenvalue weighted by Crippen LogP contribution is 2.31. The van der Waals surface area contributed by atoms with Crippen molar-refractivity contribution in [3.8, 4) is 11.5 Å². The highest BCUT2D eigenvalue weighted by atomic mass is 16.5. The lowest BCUT2D eigenvalue weighted by Crippen LogP contribution is -2.25. The number of amides is 1. The highest BCUT2D eigenvalue weighted by molar-refractivity contribution is 5.76. The second-order valence-electron chi connectivity index (χ2n) is 7.94. The number of nitrogens with zero attached hydrogens (tertiary/aromatic N) is 1. The number of likely N-dealkylation sites (tertiary alicyclic amines) is 1. The normalized spacial score (nSPS) is 14.7. The summed E-state index contributed by atoms with van der Waals surface area (Å²) in [7, 11) is 3.25. The van der Waals surface area contributed by atoms with Gasteiger partial charge in [-0.05, 0) is 55.1 Å². The molecule has 5 heteroatoms. The molecule has 1 saturated heterocycles. The highest BCUT2D eigenvalue weighted by Gasteiger charge is 2.12. The summed E-state index contributed by atoms with van der Waals surface area (Å²) in [6.45, 7) is 3.93. The second kappa shape index (κ2) is 11.6. The first kappa shape index (κ1) is 22.2. The molecule has 162 valence electrons. The van der Waals surface area contributed by atoms with Crippen LogP contribution in [0.5, 0.6) is 11.5 Å². The van der Waals surface area contributed by atoms with Crippen molar-refractivity contribution in [2.45, 2.75) is 51.6 Å². The Morgan fingerprint density at radius 1 is 0.967 bits per heavy atom. The average molecular weight is 411 g/mol. The molecule has 0 aromatic heterocycles. The number of ether oxygens (including phenoxy) is 2. The lowest BCUT2D eigenvalue weighted by atomic mass is 10.1. The van der Waals surface area contributed by atoms with Gasteiger partial charge in [0, 0.05) is 19.5 Å². The van der Waals surface area contributed by atoms with Gasteiger partial charge in [-0.1, -0.05) is 49.2 Å². The zero-order valence-electron chi connectivity index (χ0n) is 18.3. The monoisotopic (exact) mass is 410 g/mol. The molecule has 1 fully saturated rings. The van der Waals surface area contributed by atoms with Gasteiger partial charge in [0.1, 0.15) is 0 Å². The Hall–Kier alpha value is -2.53. The molecule has 1 N–H and O–H groups in total. The van der Waals surface area contributed by atoms with Gasteiger partial charge in [-0.25, -0.2) is 0 Å². The minimum atomic E-state index is 0.0396. The molecule has 0 spiro atoms.